The summed E-state index contributed by atoms with van der Waals surface area (Å²) in [4.78, 5) is 33.1. The lowest BCUT2D eigenvalue weighted by atomic mass is 9.83. The molecule has 0 bridgehead atoms. The molecule has 0 aromatic rings. The molecule has 1 rings (SSSR count). The number of rotatable bonds is 8. The Labute approximate surface area is 171 Å². The van der Waals surface area contributed by atoms with Crippen molar-refractivity contribution in [3.05, 3.63) is 0 Å². The molecule has 5 atom stereocenters. The number of amides is 2. The Hall–Kier alpha value is -1.90. The first kappa shape index (κ1) is 28.3. The number of carbonyl (C=O) groups excluding carboxylic acids is 3. The third-order valence-corrected chi connectivity index (χ3v) is 5.40. The highest BCUT2D eigenvalue weighted by molar-refractivity contribution is 5.80. The standard InChI is InChI=1S/C18H31N3O2.C2H4O.C2H6/c1-5-13-8-7-9-16(13)12(3)17(22)21-15(11-19)10-14(6-2)18(23)20-4;1-2-3;1-2/h12-16H,5-10H2,1-4H3,(H,20,23)(H,21,22);2H,1H3;1-2H3. The Morgan fingerprint density at radius 1 is 1.21 bits per heavy atom. The van der Waals surface area contributed by atoms with Crippen molar-refractivity contribution in [2.24, 2.45) is 23.7 Å². The van der Waals surface area contributed by atoms with Crippen LogP contribution in [0.5, 0.6) is 0 Å². The van der Waals surface area contributed by atoms with Gasteiger partial charge in [0.1, 0.15) is 12.3 Å². The molecule has 0 saturated heterocycles. The van der Waals surface area contributed by atoms with Crippen LogP contribution >= 0.6 is 0 Å². The molecule has 162 valence electrons. The molecule has 6 nitrogen and oxygen atoms in total. The molecule has 0 aromatic carbocycles. The van der Waals surface area contributed by atoms with Crippen molar-refractivity contribution in [1.82, 2.24) is 10.6 Å². The Morgan fingerprint density at radius 2 is 1.79 bits per heavy atom. The first-order chi connectivity index (χ1) is 13.4. The maximum atomic E-state index is 12.5. The molecule has 5 unspecified atom stereocenters. The quantitative estimate of drug-likeness (QED) is 0.610. The van der Waals surface area contributed by atoms with Crippen LogP contribution in [0.3, 0.4) is 0 Å². The van der Waals surface area contributed by atoms with Crippen molar-refractivity contribution in [1.29, 1.82) is 5.26 Å². The molecular weight excluding hydrogens is 354 g/mol. The zero-order valence-corrected chi connectivity index (χ0v) is 18.9. The Bertz CT molecular complexity index is 488. The fourth-order valence-corrected chi connectivity index (χ4v) is 3.82. The molecule has 2 amide bonds. The second-order valence-electron chi connectivity index (χ2n) is 6.93. The van der Waals surface area contributed by atoms with E-state index in [0.29, 0.717) is 24.7 Å². The van der Waals surface area contributed by atoms with Gasteiger partial charge in [0.25, 0.3) is 0 Å². The van der Waals surface area contributed by atoms with Gasteiger partial charge in [-0.3, -0.25) is 9.59 Å². The van der Waals surface area contributed by atoms with Crippen LogP contribution in [0.4, 0.5) is 0 Å². The molecule has 0 spiro atoms. The van der Waals surface area contributed by atoms with E-state index < -0.39 is 6.04 Å². The Balaban J connectivity index is 0. The van der Waals surface area contributed by atoms with Crippen molar-refractivity contribution in [2.45, 2.75) is 86.1 Å². The van der Waals surface area contributed by atoms with Gasteiger partial charge in [0.15, 0.2) is 0 Å². The maximum absolute atomic E-state index is 12.5. The van der Waals surface area contributed by atoms with E-state index >= 15 is 0 Å². The highest BCUT2D eigenvalue weighted by atomic mass is 16.2. The summed E-state index contributed by atoms with van der Waals surface area (Å²) in [5, 5.41) is 14.8. The first-order valence-electron chi connectivity index (χ1n) is 10.7. The van der Waals surface area contributed by atoms with Gasteiger partial charge in [-0.2, -0.15) is 5.26 Å². The van der Waals surface area contributed by atoms with Crippen LogP contribution in [0.1, 0.15) is 80.1 Å². The number of aldehydes is 1. The summed E-state index contributed by atoms with van der Waals surface area (Å²) in [5.74, 6) is 0.602. The van der Waals surface area contributed by atoms with Crippen molar-refractivity contribution < 1.29 is 14.4 Å². The van der Waals surface area contributed by atoms with Crippen LogP contribution in [-0.2, 0) is 14.4 Å². The maximum Gasteiger partial charge on any atom is 0.224 e. The van der Waals surface area contributed by atoms with Crippen LogP contribution in [-0.4, -0.2) is 31.2 Å². The molecule has 1 aliphatic rings. The van der Waals surface area contributed by atoms with E-state index in [0.717, 1.165) is 19.1 Å². The lowest BCUT2D eigenvalue weighted by molar-refractivity contribution is -0.128. The van der Waals surface area contributed by atoms with Gasteiger partial charge >= 0.3 is 0 Å². The van der Waals surface area contributed by atoms with Crippen LogP contribution in [0.15, 0.2) is 0 Å². The lowest BCUT2D eigenvalue weighted by Crippen LogP contribution is -2.42. The Kier molecular flexibility index (Phi) is 17.4. The summed E-state index contributed by atoms with van der Waals surface area (Å²) in [6, 6.07) is 1.53. The highest BCUT2D eigenvalue weighted by Crippen LogP contribution is 2.38. The average Bonchev–Trinajstić information content (AvgIpc) is 3.20. The minimum atomic E-state index is -0.603. The second kappa shape index (κ2) is 17.2. The molecule has 0 aliphatic heterocycles. The summed E-state index contributed by atoms with van der Waals surface area (Å²) in [6.45, 7) is 11.5. The van der Waals surface area contributed by atoms with E-state index in [4.69, 9.17) is 4.79 Å². The van der Waals surface area contributed by atoms with Crippen molar-refractivity contribution in [3.8, 4) is 6.07 Å². The van der Waals surface area contributed by atoms with Crippen molar-refractivity contribution in [2.75, 3.05) is 7.05 Å². The second-order valence-corrected chi connectivity index (χ2v) is 6.93. The number of hydrogen-bond donors (Lipinski definition) is 2. The third kappa shape index (κ3) is 9.87. The summed E-state index contributed by atoms with van der Waals surface area (Å²) < 4.78 is 0. The number of carbonyl (C=O) groups is 3. The highest BCUT2D eigenvalue weighted by Gasteiger charge is 2.34. The van der Waals surface area contributed by atoms with Gasteiger partial charge in [0, 0.05) is 18.9 Å². The topological polar surface area (TPSA) is 99.1 Å². The third-order valence-electron chi connectivity index (χ3n) is 5.40. The first-order valence-corrected chi connectivity index (χ1v) is 10.7. The van der Waals surface area contributed by atoms with Gasteiger partial charge < -0.3 is 15.4 Å². The monoisotopic (exact) mass is 395 g/mol. The van der Waals surface area contributed by atoms with Gasteiger partial charge in [-0.25, -0.2) is 0 Å². The Morgan fingerprint density at radius 3 is 2.21 bits per heavy atom. The van der Waals surface area contributed by atoms with E-state index in [1.54, 1.807) is 7.05 Å². The van der Waals surface area contributed by atoms with Gasteiger partial charge in [-0.15, -0.1) is 0 Å². The largest absolute Gasteiger partial charge is 0.359 e. The summed E-state index contributed by atoms with van der Waals surface area (Å²) >= 11 is 0. The van der Waals surface area contributed by atoms with Crippen LogP contribution < -0.4 is 10.6 Å². The molecule has 2 N–H and O–H groups in total. The van der Waals surface area contributed by atoms with E-state index in [1.165, 1.54) is 19.8 Å². The molecule has 1 fully saturated rings. The smallest absolute Gasteiger partial charge is 0.224 e. The van der Waals surface area contributed by atoms with Gasteiger partial charge in [0.2, 0.25) is 11.8 Å². The molecule has 1 saturated carbocycles. The number of nitriles is 1. The molecular formula is C22H41N3O3. The fourth-order valence-electron chi connectivity index (χ4n) is 3.82. The fraction of sp³-hybridized carbons (Fsp3) is 0.818. The predicted molar refractivity (Wildman–Crippen MR) is 113 cm³/mol. The zero-order chi connectivity index (χ0) is 22.1. The van der Waals surface area contributed by atoms with E-state index in [2.05, 4.69) is 23.6 Å². The van der Waals surface area contributed by atoms with Gasteiger partial charge in [-0.1, -0.05) is 53.9 Å². The van der Waals surface area contributed by atoms with Gasteiger partial charge in [-0.05, 0) is 38.0 Å². The molecule has 6 heteroatoms. The summed E-state index contributed by atoms with van der Waals surface area (Å²) in [5.41, 5.74) is 0. The lowest BCUT2D eigenvalue weighted by Gasteiger charge is -2.26. The molecule has 0 aromatic heterocycles. The van der Waals surface area contributed by atoms with E-state index in [9.17, 15) is 14.9 Å². The minimum absolute atomic E-state index is 0.0475. The van der Waals surface area contributed by atoms with Gasteiger partial charge in [0.05, 0.1) is 6.07 Å². The van der Waals surface area contributed by atoms with E-state index in [-0.39, 0.29) is 23.7 Å². The molecule has 1 aliphatic carbocycles. The summed E-state index contributed by atoms with van der Waals surface area (Å²) in [7, 11) is 1.60. The van der Waals surface area contributed by atoms with Crippen LogP contribution in [0.2, 0.25) is 0 Å². The zero-order valence-electron chi connectivity index (χ0n) is 18.9. The average molecular weight is 396 g/mol. The van der Waals surface area contributed by atoms with Crippen molar-refractivity contribution >= 4 is 18.1 Å². The van der Waals surface area contributed by atoms with Crippen LogP contribution in [0, 0.1) is 35.0 Å². The number of hydrogen-bond acceptors (Lipinski definition) is 4. The molecule has 0 heterocycles. The summed E-state index contributed by atoms with van der Waals surface area (Å²) in [6.07, 6.45) is 6.38. The number of nitrogens with zero attached hydrogens (tertiary/aromatic N) is 1. The van der Waals surface area contributed by atoms with Crippen molar-refractivity contribution in [3.63, 3.8) is 0 Å². The minimum Gasteiger partial charge on any atom is -0.359 e. The van der Waals surface area contributed by atoms with Crippen LogP contribution in [0.25, 0.3) is 0 Å². The molecule has 0 radical (unpaired) electrons. The number of nitrogens with one attached hydrogen (secondary N) is 2. The predicted octanol–water partition coefficient (Wildman–Crippen LogP) is 3.85. The SMILES string of the molecule is CC.CC=O.CCC(CC(C#N)NC(=O)C(C)C1CCCC1CC)C(=O)NC. The van der Waals surface area contributed by atoms with E-state index in [1.807, 2.05) is 27.7 Å². The molecule has 28 heavy (non-hydrogen) atoms. The normalized spacial score (nSPS) is 20.6.